The predicted octanol–water partition coefficient (Wildman–Crippen LogP) is 0.896. The molecule has 1 aromatic carbocycles. The van der Waals surface area contributed by atoms with E-state index in [2.05, 4.69) is 10.4 Å². The zero-order chi connectivity index (χ0) is 13.7. The topological polar surface area (TPSA) is 82.2 Å². The highest BCUT2D eigenvalue weighted by Gasteiger charge is 2.01. The maximum absolute atomic E-state index is 10.6. The number of aromatic nitrogens is 2. The van der Waals surface area contributed by atoms with Crippen molar-refractivity contribution in [2.45, 2.75) is 6.54 Å². The Labute approximate surface area is 111 Å². The Balaban J connectivity index is 1.95. The zero-order valence-corrected chi connectivity index (χ0v) is 10.7. The standard InChI is InChI=1S/C13H16N4O2/c1-17-11(5-6-16-17)8-15-10-3-2-4-12(7-10)19-9-13(14)18/h2-7,15H,8-9H2,1H3,(H2,14,18). The first-order valence-electron chi connectivity index (χ1n) is 5.87. The van der Waals surface area contributed by atoms with Crippen LogP contribution in [0.2, 0.25) is 0 Å². The molecule has 0 spiro atoms. The molecule has 19 heavy (non-hydrogen) atoms. The lowest BCUT2D eigenvalue weighted by Crippen LogP contribution is -2.20. The van der Waals surface area contributed by atoms with Crippen LogP contribution in [0, 0.1) is 0 Å². The van der Waals surface area contributed by atoms with Gasteiger partial charge in [-0.05, 0) is 18.2 Å². The second kappa shape index (κ2) is 5.90. The number of ether oxygens (including phenoxy) is 1. The van der Waals surface area contributed by atoms with Crippen LogP contribution in [0.1, 0.15) is 5.69 Å². The van der Waals surface area contributed by atoms with Gasteiger partial charge in [0.1, 0.15) is 5.75 Å². The van der Waals surface area contributed by atoms with E-state index in [0.29, 0.717) is 12.3 Å². The normalized spacial score (nSPS) is 10.2. The molecule has 1 amide bonds. The molecule has 100 valence electrons. The highest BCUT2D eigenvalue weighted by molar-refractivity contribution is 5.75. The molecule has 0 aliphatic rings. The van der Waals surface area contributed by atoms with Crippen LogP contribution < -0.4 is 15.8 Å². The first-order chi connectivity index (χ1) is 9.15. The SMILES string of the molecule is Cn1nccc1CNc1cccc(OCC(N)=O)c1. The molecule has 3 N–H and O–H groups in total. The molecule has 0 saturated carbocycles. The summed E-state index contributed by atoms with van der Waals surface area (Å²) in [6, 6.07) is 9.31. The van der Waals surface area contributed by atoms with Crippen molar-refractivity contribution in [3.63, 3.8) is 0 Å². The maximum Gasteiger partial charge on any atom is 0.255 e. The number of hydrogen-bond donors (Lipinski definition) is 2. The Morgan fingerprint density at radius 1 is 1.47 bits per heavy atom. The number of hydrogen-bond acceptors (Lipinski definition) is 4. The Bertz CT molecular complexity index is 565. The predicted molar refractivity (Wildman–Crippen MR) is 71.7 cm³/mol. The monoisotopic (exact) mass is 260 g/mol. The van der Waals surface area contributed by atoms with Crippen molar-refractivity contribution >= 4 is 11.6 Å². The zero-order valence-electron chi connectivity index (χ0n) is 10.7. The molecule has 0 radical (unpaired) electrons. The molecule has 1 heterocycles. The quantitative estimate of drug-likeness (QED) is 0.808. The summed E-state index contributed by atoms with van der Waals surface area (Å²) in [5.74, 6) is 0.113. The lowest BCUT2D eigenvalue weighted by molar-refractivity contribution is -0.119. The number of benzene rings is 1. The van der Waals surface area contributed by atoms with Crippen LogP contribution in [-0.4, -0.2) is 22.3 Å². The molecule has 6 heteroatoms. The van der Waals surface area contributed by atoms with Gasteiger partial charge in [-0.2, -0.15) is 5.10 Å². The van der Waals surface area contributed by atoms with E-state index in [9.17, 15) is 4.79 Å². The number of amides is 1. The van der Waals surface area contributed by atoms with E-state index in [1.54, 1.807) is 16.9 Å². The van der Waals surface area contributed by atoms with Crippen molar-refractivity contribution in [2.75, 3.05) is 11.9 Å². The van der Waals surface area contributed by atoms with Gasteiger partial charge in [0, 0.05) is 25.0 Å². The van der Waals surface area contributed by atoms with Crippen LogP contribution >= 0.6 is 0 Å². The highest BCUT2D eigenvalue weighted by Crippen LogP contribution is 2.17. The van der Waals surface area contributed by atoms with E-state index >= 15 is 0 Å². The number of nitrogens with one attached hydrogen (secondary N) is 1. The smallest absolute Gasteiger partial charge is 0.255 e. The van der Waals surface area contributed by atoms with Crippen LogP contribution in [0.15, 0.2) is 36.5 Å². The van der Waals surface area contributed by atoms with Gasteiger partial charge in [-0.15, -0.1) is 0 Å². The second-order valence-electron chi connectivity index (χ2n) is 4.08. The van der Waals surface area contributed by atoms with Gasteiger partial charge in [-0.25, -0.2) is 0 Å². The van der Waals surface area contributed by atoms with Crippen molar-refractivity contribution < 1.29 is 9.53 Å². The number of rotatable bonds is 6. The minimum absolute atomic E-state index is 0.120. The highest BCUT2D eigenvalue weighted by atomic mass is 16.5. The van der Waals surface area contributed by atoms with Gasteiger partial charge in [-0.3, -0.25) is 9.48 Å². The molecule has 2 aromatic rings. The average Bonchev–Trinajstić information content (AvgIpc) is 2.80. The van der Waals surface area contributed by atoms with Gasteiger partial charge in [0.15, 0.2) is 6.61 Å². The Morgan fingerprint density at radius 3 is 3.00 bits per heavy atom. The lowest BCUT2D eigenvalue weighted by Gasteiger charge is -2.09. The van der Waals surface area contributed by atoms with E-state index in [4.69, 9.17) is 10.5 Å². The maximum atomic E-state index is 10.6. The molecule has 0 aliphatic carbocycles. The molecule has 0 aliphatic heterocycles. The fourth-order valence-electron chi connectivity index (χ4n) is 1.62. The van der Waals surface area contributed by atoms with Crippen molar-refractivity contribution in [1.29, 1.82) is 0 Å². The van der Waals surface area contributed by atoms with E-state index in [1.165, 1.54) is 0 Å². The minimum Gasteiger partial charge on any atom is -0.484 e. The number of primary amides is 1. The largest absolute Gasteiger partial charge is 0.484 e. The summed E-state index contributed by atoms with van der Waals surface area (Å²) in [5.41, 5.74) is 7.01. The fourth-order valence-corrected chi connectivity index (χ4v) is 1.62. The van der Waals surface area contributed by atoms with Gasteiger partial charge in [0.05, 0.1) is 12.2 Å². The minimum atomic E-state index is -0.492. The molecule has 0 atom stereocenters. The molecule has 0 bridgehead atoms. The Kier molecular flexibility index (Phi) is 4.02. The van der Waals surface area contributed by atoms with Crippen LogP contribution in [0.5, 0.6) is 5.75 Å². The van der Waals surface area contributed by atoms with Crippen molar-refractivity contribution in [1.82, 2.24) is 9.78 Å². The summed E-state index contributed by atoms with van der Waals surface area (Å²) < 4.78 is 7.04. The van der Waals surface area contributed by atoms with E-state index < -0.39 is 5.91 Å². The molecular formula is C13H16N4O2. The van der Waals surface area contributed by atoms with Gasteiger partial charge >= 0.3 is 0 Å². The molecule has 6 nitrogen and oxygen atoms in total. The summed E-state index contributed by atoms with van der Waals surface area (Å²) in [5, 5.41) is 7.35. The number of nitrogens with two attached hydrogens (primary N) is 1. The summed E-state index contributed by atoms with van der Waals surface area (Å²) in [4.78, 5) is 10.6. The third-order valence-electron chi connectivity index (χ3n) is 2.61. The van der Waals surface area contributed by atoms with Crippen molar-refractivity contribution in [2.24, 2.45) is 12.8 Å². The van der Waals surface area contributed by atoms with Crippen molar-refractivity contribution in [3.8, 4) is 5.75 Å². The van der Waals surface area contributed by atoms with Gasteiger partial charge < -0.3 is 15.8 Å². The van der Waals surface area contributed by atoms with E-state index in [-0.39, 0.29) is 6.61 Å². The third kappa shape index (κ3) is 3.74. The van der Waals surface area contributed by atoms with Crippen LogP contribution in [-0.2, 0) is 18.4 Å². The molecule has 0 fully saturated rings. The van der Waals surface area contributed by atoms with Gasteiger partial charge in [-0.1, -0.05) is 6.07 Å². The Hall–Kier alpha value is -2.50. The fraction of sp³-hybridized carbons (Fsp3) is 0.231. The average molecular weight is 260 g/mol. The number of nitrogens with zero attached hydrogens (tertiary/aromatic N) is 2. The summed E-state index contributed by atoms with van der Waals surface area (Å²) >= 11 is 0. The molecular weight excluding hydrogens is 244 g/mol. The summed E-state index contributed by atoms with van der Waals surface area (Å²) in [6.07, 6.45) is 1.75. The van der Waals surface area contributed by atoms with Crippen LogP contribution in [0.4, 0.5) is 5.69 Å². The van der Waals surface area contributed by atoms with Gasteiger partial charge in [0.2, 0.25) is 0 Å². The molecule has 0 saturated heterocycles. The second-order valence-corrected chi connectivity index (χ2v) is 4.08. The number of anilines is 1. The molecule has 1 aromatic heterocycles. The first kappa shape index (κ1) is 12.9. The number of carbonyl (C=O) groups is 1. The number of carbonyl (C=O) groups excluding carboxylic acids is 1. The Morgan fingerprint density at radius 2 is 2.32 bits per heavy atom. The van der Waals surface area contributed by atoms with Crippen LogP contribution in [0.25, 0.3) is 0 Å². The number of aryl methyl sites for hydroxylation is 1. The third-order valence-corrected chi connectivity index (χ3v) is 2.61. The summed E-state index contributed by atoms with van der Waals surface area (Å²) in [7, 11) is 1.89. The first-order valence-corrected chi connectivity index (χ1v) is 5.87. The van der Waals surface area contributed by atoms with Crippen molar-refractivity contribution in [3.05, 3.63) is 42.2 Å². The molecule has 0 unspecified atom stereocenters. The van der Waals surface area contributed by atoms with E-state index in [0.717, 1.165) is 11.4 Å². The van der Waals surface area contributed by atoms with E-state index in [1.807, 2.05) is 31.3 Å². The summed E-state index contributed by atoms with van der Waals surface area (Å²) in [6.45, 7) is 0.543. The van der Waals surface area contributed by atoms with Crippen LogP contribution in [0.3, 0.4) is 0 Å². The molecule has 2 rings (SSSR count). The van der Waals surface area contributed by atoms with Gasteiger partial charge in [0.25, 0.3) is 5.91 Å². The lowest BCUT2D eigenvalue weighted by atomic mass is 10.3.